The number of ether oxygens (including phenoxy) is 3. The van der Waals surface area contributed by atoms with E-state index in [4.69, 9.17) is 14.2 Å². The van der Waals surface area contributed by atoms with Crippen molar-refractivity contribution in [2.24, 2.45) is 17.3 Å². The second kappa shape index (κ2) is 4.81. The van der Waals surface area contributed by atoms with Gasteiger partial charge in [0.15, 0.2) is 5.79 Å². The van der Waals surface area contributed by atoms with Crippen LogP contribution in [0.3, 0.4) is 0 Å². The molecule has 1 heterocycles. The Kier molecular flexibility index (Phi) is 3.37. The van der Waals surface area contributed by atoms with Crippen LogP contribution in [0, 0.1) is 17.3 Å². The molecule has 0 N–H and O–H groups in total. The van der Waals surface area contributed by atoms with Crippen molar-refractivity contribution in [1.29, 1.82) is 0 Å². The van der Waals surface area contributed by atoms with Gasteiger partial charge in [-0.15, -0.1) is 0 Å². The molecule has 112 valence electrons. The maximum absolute atomic E-state index is 12.1. The minimum Gasteiger partial charge on any atom is -0.469 e. The maximum Gasteiger partial charge on any atom is 0.309 e. The zero-order valence-electron chi connectivity index (χ0n) is 12.1. The number of rotatable bonds is 2. The molecule has 0 aromatic carbocycles. The lowest BCUT2D eigenvalue weighted by Crippen LogP contribution is -2.71. The Morgan fingerprint density at radius 1 is 1.15 bits per heavy atom. The van der Waals surface area contributed by atoms with Crippen LogP contribution in [-0.2, 0) is 23.8 Å². The number of fused-ring (bicyclic) bond motifs is 1. The van der Waals surface area contributed by atoms with E-state index in [2.05, 4.69) is 0 Å². The van der Waals surface area contributed by atoms with Gasteiger partial charge in [-0.2, -0.15) is 0 Å². The van der Waals surface area contributed by atoms with E-state index in [9.17, 15) is 9.59 Å². The molecule has 0 bridgehead atoms. The molecular formula is C15H22O5. The highest BCUT2D eigenvalue weighted by atomic mass is 16.7. The van der Waals surface area contributed by atoms with Crippen LogP contribution in [0.5, 0.6) is 0 Å². The van der Waals surface area contributed by atoms with Crippen molar-refractivity contribution < 1.29 is 23.8 Å². The lowest BCUT2D eigenvalue weighted by Gasteiger charge is -2.63. The van der Waals surface area contributed by atoms with Gasteiger partial charge in [0, 0.05) is 17.8 Å². The summed E-state index contributed by atoms with van der Waals surface area (Å²) in [6.07, 6.45) is 4.17. The molecule has 5 heteroatoms. The summed E-state index contributed by atoms with van der Waals surface area (Å²) < 4.78 is 16.7. The van der Waals surface area contributed by atoms with E-state index in [0.29, 0.717) is 19.6 Å². The molecule has 2 saturated carbocycles. The standard InChI is InChI=1S/C15H22O5/c1-10(16)11-5-3-4-6-14(11)12(13(17)18-2)9-15(14)19-7-8-20-15/h11-12H,3-9H2,1-2H3/t11-,12+,14+/m1/s1. The van der Waals surface area contributed by atoms with Crippen molar-refractivity contribution in [2.75, 3.05) is 20.3 Å². The fraction of sp³-hybridized carbons (Fsp3) is 0.867. The third-order valence-corrected chi connectivity index (χ3v) is 5.49. The van der Waals surface area contributed by atoms with Crippen molar-refractivity contribution in [2.45, 2.75) is 44.8 Å². The number of Topliss-reactive ketones (excluding diaryl/α,β-unsaturated/α-hetero) is 1. The van der Waals surface area contributed by atoms with E-state index in [1.54, 1.807) is 6.92 Å². The SMILES string of the molecule is COC(=O)[C@@H]1CC2(OCCO2)[C@]12CCCC[C@@H]2C(C)=O. The molecule has 3 aliphatic rings. The molecule has 0 aromatic heterocycles. The van der Waals surface area contributed by atoms with Crippen LogP contribution in [0.4, 0.5) is 0 Å². The Morgan fingerprint density at radius 2 is 1.85 bits per heavy atom. The Morgan fingerprint density at radius 3 is 2.45 bits per heavy atom. The summed E-state index contributed by atoms with van der Waals surface area (Å²) in [5.74, 6) is -1.27. The summed E-state index contributed by atoms with van der Waals surface area (Å²) in [6.45, 7) is 2.70. The van der Waals surface area contributed by atoms with Crippen molar-refractivity contribution in [3.8, 4) is 0 Å². The number of carbonyl (C=O) groups excluding carboxylic acids is 2. The van der Waals surface area contributed by atoms with Gasteiger partial charge in [0.1, 0.15) is 5.78 Å². The highest BCUT2D eigenvalue weighted by molar-refractivity contribution is 5.83. The number of carbonyl (C=O) groups is 2. The van der Waals surface area contributed by atoms with E-state index in [-0.39, 0.29) is 23.6 Å². The molecule has 0 amide bonds. The predicted octanol–water partition coefficient (Wildman–Crippen LogP) is 1.69. The van der Waals surface area contributed by atoms with Crippen LogP contribution in [0.2, 0.25) is 0 Å². The van der Waals surface area contributed by atoms with Crippen molar-refractivity contribution >= 4 is 11.8 Å². The van der Waals surface area contributed by atoms with Crippen LogP contribution in [-0.4, -0.2) is 37.9 Å². The molecule has 1 saturated heterocycles. The molecule has 1 aliphatic heterocycles. The zero-order chi connectivity index (χ0) is 14.4. The number of hydrogen-bond acceptors (Lipinski definition) is 5. The molecule has 0 unspecified atom stereocenters. The number of ketones is 1. The van der Waals surface area contributed by atoms with Gasteiger partial charge in [-0.1, -0.05) is 12.8 Å². The third kappa shape index (κ3) is 1.62. The minimum atomic E-state index is -0.734. The topological polar surface area (TPSA) is 61.8 Å². The molecule has 0 aromatic rings. The number of esters is 1. The molecule has 3 rings (SSSR count). The fourth-order valence-corrected chi connectivity index (χ4v) is 4.69. The van der Waals surface area contributed by atoms with E-state index in [1.165, 1.54) is 7.11 Å². The van der Waals surface area contributed by atoms with E-state index >= 15 is 0 Å². The fourth-order valence-electron chi connectivity index (χ4n) is 4.69. The first kappa shape index (κ1) is 14.0. The van der Waals surface area contributed by atoms with E-state index in [0.717, 1.165) is 25.7 Å². The molecule has 3 fully saturated rings. The first-order chi connectivity index (χ1) is 9.57. The average molecular weight is 282 g/mol. The predicted molar refractivity (Wildman–Crippen MR) is 69.8 cm³/mol. The molecule has 2 spiro atoms. The van der Waals surface area contributed by atoms with Crippen LogP contribution in [0.15, 0.2) is 0 Å². The number of hydrogen-bond donors (Lipinski definition) is 0. The summed E-state index contributed by atoms with van der Waals surface area (Å²) in [6, 6.07) is 0. The lowest BCUT2D eigenvalue weighted by molar-refractivity contribution is -0.344. The maximum atomic E-state index is 12.1. The average Bonchev–Trinajstić information content (AvgIpc) is 2.95. The van der Waals surface area contributed by atoms with E-state index < -0.39 is 11.2 Å². The van der Waals surface area contributed by atoms with Crippen LogP contribution < -0.4 is 0 Å². The summed E-state index contributed by atoms with van der Waals surface area (Å²) in [5.41, 5.74) is -0.513. The summed E-state index contributed by atoms with van der Waals surface area (Å²) in [5, 5.41) is 0. The Balaban J connectivity index is 2.01. The second-order valence-corrected chi connectivity index (χ2v) is 6.18. The highest BCUT2D eigenvalue weighted by Gasteiger charge is 2.75. The normalized spacial score (nSPS) is 38.7. The van der Waals surface area contributed by atoms with Gasteiger partial charge < -0.3 is 14.2 Å². The summed E-state index contributed by atoms with van der Waals surface area (Å²) >= 11 is 0. The quantitative estimate of drug-likeness (QED) is 0.721. The molecule has 2 aliphatic carbocycles. The Labute approximate surface area is 118 Å². The number of methoxy groups -OCH3 is 1. The van der Waals surface area contributed by atoms with Gasteiger partial charge in [0.05, 0.1) is 26.2 Å². The Bertz CT molecular complexity index is 426. The van der Waals surface area contributed by atoms with Gasteiger partial charge >= 0.3 is 5.97 Å². The van der Waals surface area contributed by atoms with Gasteiger partial charge in [-0.05, 0) is 19.8 Å². The smallest absolute Gasteiger partial charge is 0.309 e. The highest BCUT2D eigenvalue weighted by Crippen LogP contribution is 2.67. The van der Waals surface area contributed by atoms with Gasteiger partial charge in [0.25, 0.3) is 0 Å². The van der Waals surface area contributed by atoms with Crippen LogP contribution in [0.1, 0.15) is 39.0 Å². The largest absolute Gasteiger partial charge is 0.469 e. The Hall–Kier alpha value is -0.940. The molecule has 3 atom stereocenters. The monoisotopic (exact) mass is 282 g/mol. The van der Waals surface area contributed by atoms with Crippen LogP contribution in [0.25, 0.3) is 0 Å². The first-order valence-corrected chi connectivity index (χ1v) is 7.43. The van der Waals surface area contributed by atoms with E-state index in [1.807, 2.05) is 0 Å². The van der Waals surface area contributed by atoms with Gasteiger partial charge in [-0.3, -0.25) is 9.59 Å². The lowest BCUT2D eigenvalue weighted by atomic mass is 9.45. The van der Waals surface area contributed by atoms with Crippen molar-refractivity contribution in [3.05, 3.63) is 0 Å². The molecule has 0 radical (unpaired) electrons. The molecule has 20 heavy (non-hydrogen) atoms. The minimum absolute atomic E-state index is 0.136. The van der Waals surface area contributed by atoms with Gasteiger partial charge in [0.2, 0.25) is 0 Å². The molecule has 5 nitrogen and oxygen atoms in total. The summed E-state index contributed by atoms with van der Waals surface area (Å²) in [4.78, 5) is 24.3. The first-order valence-electron chi connectivity index (χ1n) is 7.43. The third-order valence-electron chi connectivity index (χ3n) is 5.49. The van der Waals surface area contributed by atoms with Crippen LogP contribution >= 0.6 is 0 Å². The zero-order valence-corrected chi connectivity index (χ0v) is 12.1. The van der Waals surface area contributed by atoms with Crippen molar-refractivity contribution in [3.63, 3.8) is 0 Å². The molecular weight excluding hydrogens is 260 g/mol. The van der Waals surface area contributed by atoms with Gasteiger partial charge in [-0.25, -0.2) is 0 Å². The second-order valence-electron chi connectivity index (χ2n) is 6.18. The van der Waals surface area contributed by atoms with Crippen molar-refractivity contribution in [1.82, 2.24) is 0 Å². The summed E-state index contributed by atoms with van der Waals surface area (Å²) in [7, 11) is 1.41.